The Kier molecular flexibility index (Phi) is 8.47. The zero-order valence-corrected chi connectivity index (χ0v) is 10.1. The lowest BCUT2D eigenvalue weighted by Gasteiger charge is -2.06. The molecule has 0 aliphatic carbocycles. The smallest absolute Gasteiger partial charge is 0.100 e. The van der Waals surface area contributed by atoms with Crippen molar-refractivity contribution in [2.75, 3.05) is 19.8 Å². The summed E-state index contributed by atoms with van der Waals surface area (Å²) in [5.74, 6) is 0. The highest BCUT2D eigenvalue weighted by Gasteiger charge is 2.00. The Hall–Kier alpha value is 1.08. The van der Waals surface area contributed by atoms with Gasteiger partial charge in [-0.1, -0.05) is 22.6 Å². The van der Waals surface area contributed by atoms with E-state index in [-0.39, 0.29) is 13.2 Å². The van der Waals surface area contributed by atoms with Crippen LogP contribution in [0.1, 0.15) is 0 Å². The van der Waals surface area contributed by atoms with E-state index in [0.717, 1.165) is 3.58 Å². The zero-order valence-electron chi connectivity index (χ0n) is 5.83. The standard InChI is InChI=1S/C6H10I2O3/c7-1-5(8)3-11-4-6(10)2-9/h1,6,9-10H,2-4H2/b5-1-. The second kappa shape index (κ2) is 7.71. The average molecular weight is 384 g/mol. The third kappa shape index (κ3) is 7.44. The van der Waals surface area contributed by atoms with Gasteiger partial charge in [-0.15, -0.1) is 0 Å². The lowest BCUT2D eigenvalue weighted by molar-refractivity contribution is 0.0147. The molecule has 0 radical (unpaired) electrons. The Labute approximate surface area is 93.1 Å². The molecule has 0 rings (SSSR count). The minimum atomic E-state index is -0.756. The molecule has 0 aromatic carbocycles. The first kappa shape index (κ1) is 12.1. The molecule has 11 heavy (non-hydrogen) atoms. The van der Waals surface area contributed by atoms with Crippen LogP contribution in [0.3, 0.4) is 0 Å². The number of halogens is 2. The molecule has 2 N–H and O–H groups in total. The first-order chi connectivity index (χ1) is 5.20. The van der Waals surface area contributed by atoms with Gasteiger partial charge in [-0.25, -0.2) is 0 Å². The van der Waals surface area contributed by atoms with Crippen molar-refractivity contribution >= 4 is 45.2 Å². The highest BCUT2D eigenvalue weighted by atomic mass is 127. The molecule has 1 atom stereocenters. The van der Waals surface area contributed by atoms with E-state index >= 15 is 0 Å². The Morgan fingerprint density at radius 1 is 1.64 bits per heavy atom. The fraction of sp³-hybridized carbons (Fsp3) is 0.667. The SMILES string of the molecule is OCC(O)COC/C(I)=C/I. The number of aliphatic hydroxyl groups is 2. The summed E-state index contributed by atoms with van der Waals surface area (Å²) in [5, 5.41) is 17.3. The van der Waals surface area contributed by atoms with Gasteiger partial charge in [0.15, 0.2) is 0 Å². The quantitative estimate of drug-likeness (QED) is 0.698. The number of hydrogen-bond donors (Lipinski definition) is 2. The number of ether oxygens (including phenoxy) is 1. The summed E-state index contributed by atoms with van der Waals surface area (Å²) in [6, 6.07) is 0. The predicted octanol–water partition coefficient (Wildman–Crippen LogP) is 1.07. The Bertz CT molecular complexity index is 127. The van der Waals surface area contributed by atoms with Crippen LogP contribution in [0.25, 0.3) is 0 Å². The molecule has 66 valence electrons. The van der Waals surface area contributed by atoms with Crippen LogP contribution in [0.4, 0.5) is 0 Å². The summed E-state index contributed by atoms with van der Waals surface area (Å²) < 4.78 is 8.03. The van der Waals surface area contributed by atoms with Gasteiger partial charge in [-0.05, 0) is 26.7 Å². The molecule has 0 aromatic heterocycles. The van der Waals surface area contributed by atoms with Gasteiger partial charge in [0.25, 0.3) is 0 Å². The minimum absolute atomic E-state index is 0.188. The maximum absolute atomic E-state index is 8.84. The monoisotopic (exact) mass is 384 g/mol. The maximum Gasteiger partial charge on any atom is 0.100 e. The van der Waals surface area contributed by atoms with Gasteiger partial charge in [0.05, 0.1) is 19.8 Å². The summed E-state index contributed by atoms with van der Waals surface area (Å²) in [5.41, 5.74) is 0. The van der Waals surface area contributed by atoms with Crippen molar-refractivity contribution < 1.29 is 14.9 Å². The van der Waals surface area contributed by atoms with E-state index in [4.69, 9.17) is 14.9 Å². The number of aliphatic hydroxyl groups excluding tert-OH is 2. The number of hydrogen-bond acceptors (Lipinski definition) is 3. The molecule has 0 spiro atoms. The van der Waals surface area contributed by atoms with E-state index < -0.39 is 6.10 Å². The van der Waals surface area contributed by atoms with Gasteiger partial charge in [-0.2, -0.15) is 0 Å². The molecule has 1 unspecified atom stereocenters. The predicted molar refractivity (Wildman–Crippen MR) is 60.0 cm³/mol. The first-order valence-corrected chi connectivity index (χ1v) is 5.34. The van der Waals surface area contributed by atoms with Gasteiger partial charge >= 0.3 is 0 Å². The summed E-state index contributed by atoms with van der Waals surface area (Å²) in [6.07, 6.45) is -0.756. The molecule has 5 heteroatoms. The lowest BCUT2D eigenvalue weighted by Crippen LogP contribution is -2.19. The molecule has 0 bridgehead atoms. The third-order valence-electron chi connectivity index (χ3n) is 0.879. The molecule has 0 aliphatic rings. The van der Waals surface area contributed by atoms with Crippen LogP contribution in [0.2, 0.25) is 0 Å². The lowest BCUT2D eigenvalue weighted by atomic mass is 10.4. The minimum Gasteiger partial charge on any atom is -0.394 e. The van der Waals surface area contributed by atoms with Crippen molar-refractivity contribution in [3.8, 4) is 0 Å². The van der Waals surface area contributed by atoms with Gasteiger partial charge < -0.3 is 14.9 Å². The van der Waals surface area contributed by atoms with Crippen LogP contribution < -0.4 is 0 Å². The van der Waals surface area contributed by atoms with Crippen LogP contribution in [0.5, 0.6) is 0 Å². The van der Waals surface area contributed by atoms with Crippen molar-refractivity contribution in [1.82, 2.24) is 0 Å². The van der Waals surface area contributed by atoms with Crippen molar-refractivity contribution in [2.45, 2.75) is 6.10 Å². The van der Waals surface area contributed by atoms with Gasteiger partial charge in [0.1, 0.15) is 6.10 Å². The zero-order chi connectivity index (χ0) is 8.69. The maximum atomic E-state index is 8.84. The summed E-state index contributed by atoms with van der Waals surface area (Å²) in [7, 11) is 0. The van der Waals surface area contributed by atoms with Crippen LogP contribution in [-0.4, -0.2) is 36.1 Å². The van der Waals surface area contributed by atoms with E-state index in [0.29, 0.717) is 6.61 Å². The molecule has 0 saturated heterocycles. The Morgan fingerprint density at radius 2 is 2.27 bits per heavy atom. The second-order valence-corrected chi connectivity index (χ2v) is 3.92. The molecule has 0 fully saturated rings. The summed E-state index contributed by atoms with van der Waals surface area (Å²) in [4.78, 5) is 0. The van der Waals surface area contributed by atoms with E-state index in [1.165, 1.54) is 0 Å². The largest absolute Gasteiger partial charge is 0.394 e. The third-order valence-corrected chi connectivity index (χ3v) is 3.45. The van der Waals surface area contributed by atoms with E-state index in [1.54, 1.807) is 0 Å². The van der Waals surface area contributed by atoms with E-state index in [2.05, 4.69) is 45.2 Å². The molecular weight excluding hydrogens is 374 g/mol. The van der Waals surface area contributed by atoms with Gasteiger partial charge in [0.2, 0.25) is 0 Å². The molecule has 0 aromatic rings. The van der Waals surface area contributed by atoms with E-state index in [9.17, 15) is 0 Å². The van der Waals surface area contributed by atoms with Crippen LogP contribution in [0.15, 0.2) is 7.66 Å². The topological polar surface area (TPSA) is 49.7 Å². The first-order valence-electron chi connectivity index (χ1n) is 3.02. The normalized spacial score (nSPS) is 15.1. The molecule has 3 nitrogen and oxygen atoms in total. The Balaban J connectivity index is 3.27. The van der Waals surface area contributed by atoms with Crippen molar-refractivity contribution in [3.05, 3.63) is 7.66 Å². The van der Waals surface area contributed by atoms with Crippen LogP contribution in [0, 0.1) is 0 Å². The van der Waals surface area contributed by atoms with E-state index in [1.807, 2.05) is 4.08 Å². The second-order valence-electron chi connectivity index (χ2n) is 1.91. The van der Waals surface area contributed by atoms with Gasteiger partial charge in [-0.3, -0.25) is 0 Å². The number of rotatable bonds is 5. The fourth-order valence-corrected chi connectivity index (χ4v) is 0.777. The molecule has 0 saturated carbocycles. The molecule has 0 amide bonds. The highest BCUT2D eigenvalue weighted by Crippen LogP contribution is 2.08. The summed E-state index contributed by atoms with van der Waals surface area (Å²) >= 11 is 4.27. The summed E-state index contributed by atoms with van der Waals surface area (Å²) in [6.45, 7) is 0.443. The Morgan fingerprint density at radius 3 is 2.73 bits per heavy atom. The van der Waals surface area contributed by atoms with Crippen molar-refractivity contribution in [1.29, 1.82) is 0 Å². The van der Waals surface area contributed by atoms with Crippen LogP contribution in [-0.2, 0) is 4.74 Å². The van der Waals surface area contributed by atoms with Crippen LogP contribution >= 0.6 is 45.2 Å². The molecule has 0 aliphatic heterocycles. The fourth-order valence-electron chi connectivity index (χ4n) is 0.377. The average Bonchev–Trinajstić information content (AvgIpc) is 2.04. The highest BCUT2D eigenvalue weighted by molar-refractivity contribution is 14.1. The van der Waals surface area contributed by atoms with Crippen molar-refractivity contribution in [3.63, 3.8) is 0 Å². The molecular formula is C6H10I2O3. The van der Waals surface area contributed by atoms with Crippen molar-refractivity contribution in [2.24, 2.45) is 0 Å². The van der Waals surface area contributed by atoms with Gasteiger partial charge in [0, 0.05) is 3.58 Å². The molecule has 0 heterocycles.